The predicted molar refractivity (Wildman–Crippen MR) is 138 cm³/mol. The molecule has 4 heterocycles. The third-order valence-electron chi connectivity index (χ3n) is 9.00. The average molecular weight is 530 g/mol. The maximum absolute atomic E-state index is 13.9. The summed E-state index contributed by atoms with van der Waals surface area (Å²) >= 11 is 0. The van der Waals surface area contributed by atoms with Gasteiger partial charge in [0, 0.05) is 26.0 Å². The van der Waals surface area contributed by atoms with E-state index >= 15 is 0 Å². The first-order chi connectivity index (χ1) is 18.4. The molecule has 1 spiro atoms. The number of hydrogen-bond acceptors (Lipinski definition) is 7. The van der Waals surface area contributed by atoms with Gasteiger partial charge in [0.25, 0.3) is 11.5 Å². The van der Waals surface area contributed by atoms with Gasteiger partial charge in [-0.2, -0.15) is 0 Å². The van der Waals surface area contributed by atoms with Crippen molar-refractivity contribution >= 4 is 34.3 Å². The van der Waals surface area contributed by atoms with Crippen molar-refractivity contribution in [2.24, 2.45) is 0 Å². The monoisotopic (exact) mass is 529 g/mol. The topological polar surface area (TPSA) is 136 Å². The molecule has 2 N–H and O–H groups in total. The highest BCUT2D eigenvalue weighted by Crippen LogP contribution is 2.60. The molecule has 0 radical (unpaired) electrons. The molecule has 2 fully saturated rings. The van der Waals surface area contributed by atoms with E-state index in [1.54, 1.807) is 48.5 Å². The van der Waals surface area contributed by atoms with E-state index in [-0.39, 0.29) is 29.4 Å². The highest BCUT2D eigenvalue weighted by atomic mass is 16.3. The van der Waals surface area contributed by atoms with Crippen molar-refractivity contribution in [1.29, 1.82) is 0 Å². The lowest BCUT2D eigenvalue weighted by molar-refractivity contribution is -0.172. The van der Waals surface area contributed by atoms with Crippen LogP contribution in [0.5, 0.6) is 0 Å². The molecule has 39 heavy (non-hydrogen) atoms. The second-order valence-corrected chi connectivity index (χ2v) is 11.2. The molecule has 3 amide bonds. The number of benzene rings is 2. The number of rotatable bonds is 2. The molecule has 4 atom stereocenters. The number of hydrogen-bond donors (Lipinski definition) is 2. The number of amides is 3. The molecule has 1 saturated carbocycles. The lowest BCUT2D eigenvalue weighted by Gasteiger charge is -2.45. The third-order valence-corrected chi connectivity index (χ3v) is 9.00. The van der Waals surface area contributed by atoms with E-state index < -0.39 is 40.5 Å². The van der Waals surface area contributed by atoms with E-state index in [4.69, 9.17) is 0 Å². The quantitative estimate of drug-likeness (QED) is 0.504. The fourth-order valence-corrected chi connectivity index (χ4v) is 6.85. The van der Waals surface area contributed by atoms with Crippen LogP contribution in [0, 0.1) is 0 Å². The number of aromatic nitrogens is 2. The van der Waals surface area contributed by atoms with Crippen LogP contribution in [-0.4, -0.2) is 66.0 Å². The maximum atomic E-state index is 13.9. The van der Waals surface area contributed by atoms with Crippen LogP contribution in [0.2, 0.25) is 0 Å². The van der Waals surface area contributed by atoms with E-state index in [9.17, 15) is 29.4 Å². The molecule has 1 aromatic heterocycles. The summed E-state index contributed by atoms with van der Waals surface area (Å²) in [5, 5.41) is 24.2. The summed E-state index contributed by atoms with van der Waals surface area (Å²) in [4.78, 5) is 63.0. The molecule has 3 aromatic rings. The van der Waals surface area contributed by atoms with Crippen LogP contribution in [0.3, 0.4) is 0 Å². The molecule has 1 aliphatic carbocycles. The number of carbonyl (C=O) groups excluding carboxylic acids is 3. The molecular formula is C28H27N5O6. The van der Waals surface area contributed by atoms with Crippen LogP contribution in [0.25, 0.3) is 10.9 Å². The Kier molecular flexibility index (Phi) is 4.49. The number of carbonyl (C=O) groups is 3. The maximum Gasteiger partial charge on any atom is 0.262 e. The van der Waals surface area contributed by atoms with Gasteiger partial charge in [-0.15, -0.1) is 0 Å². The zero-order valence-electron chi connectivity index (χ0n) is 21.7. The summed E-state index contributed by atoms with van der Waals surface area (Å²) in [6, 6.07) is 12.2. The fraction of sp³-hybridized carbons (Fsp3) is 0.393. The van der Waals surface area contributed by atoms with Crippen LogP contribution in [0.1, 0.15) is 50.5 Å². The number of fused-ring (bicyclic) bond motifs is 5. The molecule has 2 aromatic carbocycles. The summed E-state index contributed by atoms with van der Waals surface area (Å²) in [5.74, 6) is -1.25. The Balaban J connectivity index is 1.46. The molecule has 7 rings (SSSR count). The van der Waals surface area contributed by atoms with Crippen molar-refractivity contribution in [1.82, 2.24) is 19.4 Å². The van der Waals surface area contributed by atoms with Crippen LogP contribution < -0.4 is 10.5 Å². The van der Waals surface area contributed by atoms with E-state index in [1.807, 2.05) is 0 Å². The zero-order chi connectivity index (χ0) is 27.6. The molecule has 0 bridgehead atoms. The van der Waals surface area contributed by atoms with Crippen molar-refractivity contribution in [3.63, 3.8) is 0 Å². The number of anilines is 1. The van der Waals surface area contributed by atoms with Crippen molar-refractivity contribution in [2.75, 3.05) is 11.9 Å². The minimum absolute atomic E-state index is 0.0328. The van der Waals surface area contributed by atoms with Crippen LogP contribution >= 0.6 is 0 Å². The van der Waals surface area contributed by atoms with Gasteiger partial charge >= 0.3 is 0 Å². The molecular weight excluding hydrogens is 502 g/mol. The normalized spacial score (nSPS) is 30.1. The second kappa shape index (κ2) is 7.30. The number of aliphatic hydroxyl groups is 2. The molecule has 4 unspecified atom stereocenters. The van der Waals surface area contributed by atoms with Gasteiger partial charge in [0.15, 0.2) is 11.5 Å². The van der Waals surface area contributed by atoms with Crippen molar-refractivity contribution in [3.05, 3.63) is 70.3 Å². The van der Waals surface area contributed by atoms with Gasteiger partial charge in [0.05, 0.1) is 16.6 Å². The van der Waals surface area contributed by atoms with Crippen molar-refractivity contribution in [2.45, 2.75) is 62.2 Å². The molecule has 4 aliphatic rings. The van der Waals surface area contributed by atoms with Gasteiger partial charge in [-0.3, -0.25) is 28.6 Å². The summed E-state index contributed by atoms with van der Waals surface area (Å²) in [6.07, 6.45) is -0.439. The first-order valence-corrected chi connectivity index (χ1v) is 12.9. The SMILES string of the molecule is CC(=O)N1C2N(C(=O)C13CC3)c1ccccc1C2(O)CC1C(=O)N(C)C(C)(O)c2nc3ccccc3c(=O)n21. The standard InChI is InChI=1S/C28H27N5O6/c1-15(34)33-24-28(39,17-9-5-7-11-19(17)32(24)25(37)27(33)12-13-27)14-20-22(36)30(3)26(2,38)23-29-18-10-6-4-8-16(18)21(35)31(20)23/h4-11,20,24,38-39H,12-14H2,1-3H3. The van der Waals surface area contributed by atoms with Gasteiger partial charge in [-0.05, 0) is 38.0 Å². The fourth-order valence-electron chi connectivity index (χ4n) is 6.85. The Hall–Kier alpha value is -4.09. The Morgan fingerprint density at radius 2 is 1.72 bits per heavy atom. The summed E-state index contributed by atoms with van der Waals surface area (Å²) in [5.41, 5.74) is -4.10. The van der Waals surface area contributed by atoms with Crippen LogP contribution in [0.4, 0.5) is 5.69 Å². The summed E-state index contributed by atoms with van der Waals surface area (Å²) in [7, 11) is 1.42. The van der Waals surface area contributed by atoms with Gasteiger partial charge in [0.2, 0.25) is 11.8 Å². The zero-order valence-corrected chi connectivity index (χ0v) is 21.7. The minimum atomic E-state index is -1.90. The van der Waals surface area contributed by atoms with E-state index in [2.05, 4.69) is 4.98 Å². The van der Waals surface area contributed by atoms with E-state index in [0.717, 1.165) is 9.47 Å². The first-order valence-electron chi connectivity index (χ1n) is 12.9. The Labute approximate surface area is 222 Å². The Morgan fingerprint density at radius 3 is 2.41 bits per heavy atom. The first kappa shape index (κ1) is 24.0. The predicted octanol–water partition coefficient (Wildman–Crippen LogP) is 0.920. The van der Waals surface area contributed by atoms with Crippen LogP contribution in [-0.2, 0) is 25.7 Å². The lowest BCUT2D eigenvalue weighted by atomic mass is 9.84. The smallest absolute Gasteiger partial charge is 0.262 e. The van der Waals surface area contributed by atoms with Crippen molar-refractivity contribution in [3.8, 4) is 0 Å². The highest BCUT2D eigenvalue weighted by Gasteiger charge is 2.73. The molecule has 11 nitrogen and oxygen atoms in total. The van der Waals surface area contributed by atoms with E-state index in [1.165, 1.54) is 30.7 Å². The Morgan fingerprint density at radius 1 is 1.05 bits per heavy atom. The number of nitrogens with zero attached hydrogens (tertiary/aromatic N) is 5. The number of para-hydroxylation sites is 2. The van der Waals surface area contributed by atoms with Crippen molar-refractivity contribution < 1.29 is 24.6 Å². The second-order valence-electron chi connectivity index (χ2n) is 11.2. The number of likely N-dealkylation sites (N-methyl/N-ethyl adjacent to an activating group) is 1. The third kappa shape index (κ3) is 2.76. The van der Waals surface area contributed by atoms with Crippen LogP contribution in [0.15, 0.2) is 53.3 Å². The van der Waals surface area contributed by atoms with E-state index in [0.29, 0.717) is 29.6 Å². The largest absolute Gasteiger partial charge is 0.381 e. The highest BCUT2D eigenvalue weighted by molar-refractivity contribution is 6.10. The Bertz CT molecular complexity index is 1690. The van der Waals surface area contributed by atoms with Gasteiger partial charge < -0.3 is 20.0 Å². The molecule has 200 valence electrons. The summed E-state index contributed by atoms with van der Waals surface area (Å²) < 4.78 is 1.16. The minimum Gasteiger partial charge on any atom is -0.381 e. The van der Waals surface area contributed by atoms with Gasteiger partial charge in [-0.1, -0.05) is 30.3 Å². The summed E-state index contributed by atoms with van der Waals surface area (Å²) in [6.45, 7) is 2.76. The van der Waals surface area contributed by atoms with Gasteiger partial charge in [0.1, 0.15) is 23.3 Å². The molecule has 11 heteroatoms. The molecule has 1 saturated heterocycles. The lowest BCUT2D eigenvalue weighted by Crippen LogP contribution is -2.60. The average Bonchev–Trinajstić information content (AvgIpc) is 3.61. The van der Waals surface area contributed by atoms with Gasteiger partial charge in [-0.25, -0.2) is 4.98 Å². The molecule has 3 aliphatic heterocycles.